The van der Waals surface area contributed by atoms with Gasteiger partial charge in [-0.15, -0.1) is 11.3 Å². The van der Waals surface area contributed by atoms with Gasteiger partial charge < -0.3 is 14.4 Å². The lowest BCUT2D eigenvalue weighted by Gasteiger charge is -2.34. The maximum atomic E-state index is 13.0. The monoisotopic (exact) mass is 381 g/mol. The Morgan fingerprint density at radius 2 is 1.89 bits per heavy atom. The fourth-order valence-corrected chi connectivity index (χ4v) is 4.18. The zero-order valence-electron chi connectivity index (χ0n) is 15.2. The Labute approximate surface area is 163 Å². The van der Waals surface area contributed by atoms with Crippen molar-refractivity contribution in [2.75, 3.05) is 19.8 Å². The van der Waals surface area contributed by atoms with Gasteiger partial charge in [0.15, 0.2) is 6.61 Å². The molecule has 1 amide bonds. The molecule has 1 aliphatic rings. The van der Waals surface area contributed by atoms with E-state index in [2.05, 4.69) is 18.2 Å². The normalized spacial score (nSPS) is 15.0. The van der Waals surface area contributed by atoms with Gasteiger partial charge in [0.25, 0.3) is 5.91 Å². The van der Waals surface area contributed by atoms with E-state index in [1.807, 2.05) is 46.7 Å². The molecule has 0 radical (unpaired) electrons. The third kappa shape index (κ3) is 4.49. The van der Waals surface area contributed by atoms with Crippen molar-refractivity contribution in [2.24, 2.45) is 0 Å². The van der Waals surface area contributed by atoms with E-state index in [1.165, 1.54) is 4.88 Å². The molecule has 0 saturated carbocycles. The minimum atomic E-state index is 0.0310. The highest BCUT2D eigenvalue weighted by atomic mass is 32.1. The van der Waals surface area contributed by atoms with Crippen molar-refractivity contribution in [3.63, 3.8) is 0 Å². The predicted molar refractivity (Wildman–Crippen MR) is 108 cm³/mol. The van der Waals surface area contributed by atoms with Crippen molar-refractivity contribution >= 4 is 28.0 Å². The molecule has 140 valence electrons. The molecule has 0 aliphatic carbocycles. The van der Waals surface area contributed by atoms with E-state index in [1.54, 1.807) is 11.3 Å². The number of hydrogen-bond acceptors (Lipinski definition) is 4. The second-order valence-electron chi connectivity index (χ2n) is 6.74. The van der Waals surface area contributed by atoms with Crippen LogP contribution in [0.2, 0.25) is 0 Å². The summed E-state index contributed by atoms with van der Waals surface area (Å²) in [5.41, 5.74) is 0. The molecule has 3 aromatic rings. The zero-order valence-corrected chi connectivity index (χ0v) is 16.0. The largest absolute Gasteiger partial charge is 0.484 e. The number of nitrogens with zero attached hydrogens (tertiary/aromatic N) is 1. The Kier molecular flexibility index (Phi) is 5.70. The third-order valence-corrected chi connectivity index (χ3v) is 5.80. The van der Waals surface area contributed by atoms with Crippen LogP contribution in [0, 0.1) is 0 Å². The molecule has 0 spiro atoms. The van der Waals surface area contributed by atoms with Crippen molar-refractivity contribution < 1.29 is 14.3 Å². The predicted octanol–water partition coefficient (Wildman–Crippen LogP) is 4.49. The van der Waals surface area contributed by atoms with E-state index in [-0.39, 0.29) is 18.6 Å². The number of fused-ring (bicyclic) bond motifs is 1. The molecule has 2 aromatic carbocycles. The van der Waals surface area contributed by atoms with Crippen molar-refractivity contribution in [3.05, 3.63) is 64.9 Å². The fourth-order valence-electron chi connectivity index (χ4n) is 3.47. The van der Waals surface area contributed by atoms with Crippen LogP contribution in [0.5, 0.6) is 5.75 Å². The Morgan fingerprint density at radius 3 is 2.67 bits per heavy atom. The lowest BCUT2D eigenvalue weighted by Crippen LogP contribution is -2.44. The Morgan fingerprint density at radius 1 is 1.07 bits per heavy atom. The van der Waals surface area contributed by atoms with Crippen molar-refractivity contribution in [1.29, 1.82) is 0 Å². The molecular weight excluding hydrogens is 358 g/mol. The van der Waals surface area contributed by atoms with Gasteiger partial charge in [-0.25, -0.2) is 0 Å². The molecule has 1 fully saturated rings. The summed E-state index contributed by atoms with van der Waals surface area (Å²) >= 11 is 1.68. The molecule has 4 rings (SSSR count). The first-order valence-corrected chi connectivity index (χ1v) is 10.2. The molecular formula is C22H23NO3S. The van der Waals surface area contributed by atoms with Gasteiger partial charge in [0.2, 0.25) is 0 Å². The summed E-state index contributed by atoms with van der Waals surface area (Å²) in [6.45, 7) is 2.12. The number of benzene rings is 2. The van der Waals surface area contributed by atoms with Crippen LogP contribution in [0.4, 0.5) is 0 Å². The van der Waals surface area contributed by atoms with E-state index in [9.17, 15) is 4.79 Å². The summed E-state index contributed by atoms with van der Waals surface area (Å²) in [6, 6.07) is 18.4. The Balaban J connectivity index is 1.45. The number of carbonyl (C=O) groups is 1. The second-order valence-corrected chi connectivity index (χ2v) is 7.77. The quantitative estimate of drug-likeness (QED) is 0.632. The molecule has 4 nitrogen and oxygen atoms in total. The van der Waals surface area contributed by atoms with Gasteiger partial charge in [0, 0.05) is 24.1 Å². The minimum absolute atomic E-state index is 0.0310. The molecule has 0 N–H and O–H groups in total. The van der Waals surface area contributed by atoms with Crippen LogP contribution in [-0.2, 0) is 16.1 Å². The first-order valence-electron chi connectivity index (χ1n) is 9.31. The lowest BCUT2D eigenvalue weighted by molar-refractivity contribution is -0.138. The maximum absolute atomic E-state index is 13.0. The number of amides is 1. The Hall–Kier alpha value is -2.37. The van der Waals surface area contributed by atoms with E-state index in [4.69, 9.17) is 9.47 Å². The van der Waals surface area contributed by atoms with Crippen LogP contribution in [0.15, 0.2) is 60.0 Å². The topological polar surface area (TPSA) is 38.8 Å². The fraction of sp³-hybridized carbons (Fsp3) is 0.318. The Bertz CT molecular complexity index is 887. The van der Waals surface area contributed by atoms with Gasteiger partial charge >= 0.3 is 0 Å². The molecule has 0 bridgehead atoms. The third-order valence-electron chi connectivity index (χ3n) is 4.94. The summed E-state index contributed by atoms with van der Waals surface area (Å²) in [7, 11) is 0. The summed E-state index contributed by atoms with van der Waals surface area (Å²) in [6.07, 6.45) is 1.76. The van der Waals surface area contributed by atoms with Crippen LogP contribution in [0.25, 0.3) is 10.8 Å². The number of rotatable bonds is 6. The summed E-state index contributed by atoms with van der Waals surface area (Å²) in [5, 5.41) is 4.33. The molecule has 27 heavy (non-hydrogen) atoms. The molecule has 1 aliphatic heterocycles. The molecule has 5 heteroatoms. The highest BCUT2D eigenvalue weighted by Crippen LogP contribution is 2.22. The van der Waals surface area contributed by atoms with Gasteiger partial charge in [-0.05, 0) is 47.2 Å². The minimum Gasteiger partial charge on any atom is -0.484 e. The van der Waals surface area contributed by atoms with Gasteiger partial charge in [-0.2, -0.15) is 0 Å². The van der Waals surface area contributed by atoms with Gasteiger partial charge in [-0.1, -0.05) is 36.4 Å². The smallest absolute Gasteiger partial charge is 0.261 e. The van der Waals surface area contributed by atoms with Gasteiger partial charge in [-0.3, -0.25) is 4.79 Å². The number of hydrogen-bond donors (Lipinski definition) is 0. The number of carbonyl (C=O) groups excluding carboxylic acids is 1. The van der Waals surface area contributed by atoms with Crippen LogP contribution < -0.4 is 4.74 Å². The first kappa shape index (κ1) is 18.0. The molecule has 1 aromatic heterocycles. The highest BCUT2D eigenvalue weighted by Gasteiger charge is 2.26. The van der Waals surface area contributed by atoms with Gasteiger partial charge in [0.1, 0.15) is 5.75 Å². The van der Waals surface area contributed by atoms with E-state index in [0.29, 0.717) is 19.8 Å². The molecule has 0 unspecified atom stereocenters. The molecule has 2 heterocycles. The average molecular weight is 381 g/mol. The summed E-state index contributed by atoms with van der Waals surface area (Å²) in [4.78, 5) is 16.1. The van der Waals surface area contributed by atoms with E-state index < -0.39 is 0 Å². The van der Waals surface area contributed by atoms with Crippen LogP contribution in [-0.4, -0.2) is 36.7 Å². The van der Waals surface area contributed by atoms with Crippen LogP contribution in [0.1, 0.15) is 17.7 Å². The average Bonchev–Trinajstić information content (AvgIpc) is 3.24. The number of ether oxygens (including phenoxy) is 2. The lowest BCUT2D eigenvalue weighted by atomic mass is 10.1. The van der Waals surface area contributed by atoms with E-state index in [0.717, 1.165) is 29.4 Å². The van der Waals surface area contributed by atoms with Gasteiger partial charge in [0.05, 0.1) is 6.54 Å². The second kappa shape index (κ2) is 8.55. The summed E-state index contributed by atoms with van der Waals surface area (Å²) in [5.74, 6) is 0.758. The van der Waals surface area contributed by atoms with Crippen molar-refractivity contribution in [2.45, 2.75) is 25.4 Å². The molecule has 1 saturated heterocycles. The van der Waals surface area contributed by atoms with Crippen molar-refractivity contribution in [1.82, 2.24) is 4.90 Å². The SMILES string of the molecule is O=C(COc1ccc2ccccc2c1)N(Cc1cccs1)C1CCOCC1. The standard InChI is InChI=1S/C22H23NO3S/c24-22(16-26-20-8-7-17-4-1-2-5-18(17)14-20)23(15-21-6-3-13-27-21)19-9-11-25-12-10-19/h1-8,13-14,19H,9-12,15-16H2. The number of thiophene rings is 1. The van der Waals surface area contributed by atoms with Crippen LogP contribution in [0.3, 0.4) is 0 Å². The summed E-state index contributed by atoms with van der Waals surface area (Å²) < 4.78 is 11.3. The first-order chi connectivity index (χ1) is 13.3. The maximum Gasteiger partial charge on any atom is 0.261 e. The molecule has 0 atom stereocenters. The highest BCUT2D eigenvalue weighted by molar-refractivity contribution is 7.09. The van der Waals surface area contributed by atoms with Crippen LogP contribution >= 0.6 is 11.3 Å². The van der Waals surface area contributed by atoms with Crippen molar-refractivity contribution in [3.8, 4) is 5.75 Å². The zero-order chi connectivity index (χ0) is 18.5. The van der Waals surface area contributed by atoms with E-state index >= 15 is 0 Å².